The summed E-state index contributed by atoms with van der Waals surface area (Å²) in [5, 5.41) is 12.6. The molecular weight excluding hydrogens is 304 g/mol. The zero-order valence-corrected chi connectivity index (χ0v) is 15.0. The zero-order valence-electron chi connectivity index (χ0n) is 15.0. The number of carbonyl (C=O) groups is 1. The van der Waals surface area contributed by atoms with Crippen LogP contribution >= 0.6 is 0 Å². The van der Waals surface area contributed by atoms with Crippen molar-refractivity contribution >= 4 is 6.03 Å². The van der Waals surface area contributed by atoms with E-state index >= 15 is 0 Å². The van der Waals surface area contributed by atoms with Crippen molar-refractivity contribution in [2.45, 2.75) is 46.1 Å². The molecule has 24 heavy (non-hydrogen) atoms. The number of likely N-dealkylation sites (tertiary alicyclic amines) is 1. The number of hydrogen-bond donors (Lipinski definition) is 2. The second-order valence-corrected chi connectivity index (χ2v) is 6.72. The van der Waals surface area contributed by atoms with Crippen LogP contribution < -0.4 is 10.1 Å². The molecule has 0 bridgehead atoms. The maximum absolute atomic E-state index is 12.1. The van der Waals surface area contributed by atoms with Gasteiger partial charge in [0.1, 0.15) is 5.75 Å². The monoisotopic (exact) mass is 334 g/mol. The van der Waals surface area contributed by atoms with E-state index in [1.165, 1.54) is 0 Å². The van der Waals surface area contributed by atoms with Gasteiger partial charge in [-0.3, -0.25) is 0 Å². The summed E-state index contributed by atoms with van der Waals surface area (Å²) in [6.07, 6.45) is 2.25. The Balaban J connectivity index is 1.63. The molecule has 0 saturated carbocycles. The SMILES string of the molecule is Cc1cccc(C)c1OCCCNC(=O)N1CCC(C(C)O)CC1. The van der Waals surface area contributed by atoms with Gasteiger partial charge in [-0.05, 0) is 57.1 Å². The quantitative estimate of drug-likeness (QED) is 0.787. The molecule has 1 heterocycles. The second kappa shape index (κ2) is 8.92. The number of nitrogens with one attached hydrogen (secondary N) is 1. The van der Waals surface area contributed by atoms with Crippen LogP contribution in [0.15, 0.2) is 18.2 Å². The number of hydrogen-bond acceptors (Lipinski definition) is 3. The van der Waals surface area contributed by atoms with Crippen molar-refractivity contribution < 1.29 is 14.6 Å². The average Bonchev–Trinajstić information content (AvgIpc) is 2.56. The Hall–Kier alpha value is -1.75. The number of aliphatic hydroxyl groups is 1. The Morgan fingerprint density at radius 1 is 1.33 bits per heavy atom. The smallest absolute Gasteiger partial charge is 0.317 e. The van der Waals surface area contributed by atoms with Gasteiger partial charge >= 0.3 is 6.03 Å². The first kappa shape index (κ1) is 18.6. The Kier molecular flexibility index (Phi) is 6.91. The van der Waals surface area contributed by atoms with Gasteiger partial charge in [0.25, 0.3) is 0 Å². The van der Waals surface area contributed by atoms with Gasteiger partial charge in [0, 0.05) is 19.6 Å². The van der Waals surface area contributed by atoms with Gasteiger partial charge in [0.2, 0.25) is 0 Å². The van der Waals surface area contributed by atoms with Crippen LogP contribution in [-0.4, -0.2) is 48.4 Å². The van der Waals surface area contributed by atoms with Crippen LogP contribution in [0.4, 0.5) is 4.79 Å². The number of amides is 2. The van der Waals surface area contributed by atoms with Crippen molar-refractivity contribution in [2.24, 2.45) is 5.92 Å². The number of benzene rings is 1. The Morgan fingerprint density at radius 3 is 2.54 bits per heavy atom. The molecule has 2 amide bonds. The van der Waals surface area contributed by atoms with Crippen LogP contribution in [0.25, 0.3) is 0 Å². The molecule has 2 rings (SSSR count). The normalized spacial score (nSPS) is 16.8. The van der Waals surface area contributed by atoms with Crippen molar-refractivity contribution in [3.05, 3.63) is 29.3 Å². The molecular formula is C19H30N2O3. The first-order valence-corrected chi connectivity index (χ1v) is 8.89. The van der Waals surface area contributed by atoms with Crippen LogP contribution in [0.5, 0.6) is 5.75 Å². The fourth-order valence-electron chi connectivity index (χ4n) is 3.17. The molecule has 1 fully saturated rings. The third-order valence-corrected chi connectivity index (χ3v) is 4.76. The van der Waals surface area contributed by atoms with E-state index in [9.17, 15) is 9.90 Å². The number of rotatable bonds is 6. The van der Waals surface area contributed by atoms with Gasteiger partial charge in [0.15, 0.2) is 0 Å². The molecule has 1 aromatic rings. The minimum atomic E-state index is -0.280. The standard InChI is InChI=1S/C19H30N2O3/c1-14-6-4-7-15(2)18(14)24-13-5-10-20-19(23)21-11-8-17(9-12-21)16(3)22/h4,6-7,16-17,22H,5,8-13H2,1-3H3,(H,20,23). The first-order chi connectivity index (χ1) is 11.5. The number of piperidine rings is 1. The number of carbonyl (C=O) groups excluding carboxylic acids is 1. The molecule has 0 aliphatic carbocycles. The lowest BCUT2D eigenvalue weighted by molar-refractivity contribution is 0.0798. The van der Waals surface area contributed by atoms with Gasteiger partial charge in [-0.2, -0.15) is 0 Å². The predicted octanol–water partition coefficient (Wildman–Crippen LogP) is 2.87. The van der Waals surface area contributed by atoms with Crippen LogP contribution in [-0.2, 0) is 0 Å². The summed E-state index contributed by atoms with van der Waals surface area (Å²) in [6.45, 7) is 8.56. The third-order valence-electron chi connectivity index (χ3n) is 4.76. The van der Waals surface area contributed by atoms with E-state index in [0.717, 1.165) is 49.2 Å². The van der Waals surface area contributed by atoms with Crippen molar-refractivity contribution in [2.75, 3.05) is 26.2 Å². The summed E-state index contributed by atoms with van der Waals surface area (Å²) in [5.74, 6) is 1.27. The highest BCUT2D eigenvalue weighted by Gasteiger charge is 2.25. The summed E-state index contributed by atoms with van der Waals surface area (Å²) in [7, 11) is 0. The van der Waals surface area contributed by atoms with E-state index in [0.29, 0.717) is 19.1 Å². The zero-order chi connectivity index (χ0) is 17.5. The van der Waals surface area contributed by atoms with Gasteiger partial charge in [-0.15, -0.1) is 0 Å². The molecule has 1 unspecified atom stereocenters. The van der Waals surface area contributed by atoms with Gasteiger partial charge < -0.3 is 20.1 Å². The molecule has 2 N–H and O–H groups in total. The number of para-hydroxylation sites is 1. The fraction of sp³-hybridized carbons (Fsp3) is 0.632. The lowest BCUT2D eigenvalue weighted by atomic mass is 9.92. The summed E-state index contributed by atoms with van der Waals surface area (Å²) >= 11 is 0. The second-order valence-electron chi connectivity index (χ2n) is 6.72. The van der Waals surface area contributed by atoms with Crippen molar-refractivity contribution in [3.8, 4) is 5.75 Å². The predicted molar refractivity (Wildman–Crippen MR) is 95.4 cm³/mol. The van der Waals surface area contributed by atoms with Crippen molar-refractivity contribution in [3.63, 3.8) is 0 Å². The first-order valence-electron chi connectivity index (χ1n) is 8.89. The highest BCUT2D eigenvalue weighted by atomic mass is 16.5. The molecule has 5 nitrogen and oxygen atoms in total. The summed E-state index contributed by atoms with van der Waals surface area (Å²) in [6, 6.07) is 6.10. The molecule has 1 aliphatic rings. The molecule has 1 aromatic carbocycles. The Bertz CT molecular complexity index is 517. The summed E-state index contributed by atoms with van der Waals surface area (Å²) in [4.78, 5) is 14.0. The topological polar surface area (TPSA) is 61.8 Å². The molecule has 0 spiro atoms. The maximum atomic E-state index is 12.1. The third kappa shape index (κ3) is 5.13. The highest BCUT2D eigenvalue weighted by Crippen LogP contribution is 2.22. The van der Waals surface area contributed by atoms with E-state index in [4.69, 9.17) is 4.74 Å². The molecule has 1 aliphatic heterocycles. The molecule has 1 saturated heterocycles. The van der Waals surface area contributed by atoms with Crippen LogP contribution in [0.3, 0.4) is 0 Å². The number of aryl methyl sites for hydroxylation is 2. The summed E-state index contributed by atoms with van der Waals surface area (Å²) < 4.78 is 5.84. The number of urea groups is 1. The van der Waals surface area contributed by atoms with E-state index in [2.05, 4.69) is 5.32 Å². The Morgan fingerprint density at radius 2 is 1.96 bits per heavy atom. The highest BCUT2D eigenvalue weighted by molar-refractivity contribution is 5.74. The lowest BCUT2D eigenvalue weighted by Gasteiger charge is -2.33. The van der Waals surface area contributed by atoms with E-state index in [1.54, 1.807) is 0 Å². The summed E-state index contributed by atoms with van der Waals surface area (Å²) in [5.41, 5.74) is 2.28. The average molecular weight is 334 g/mol. The number of ether oxygens (including phenoxy) is 1. The van der Waals surface area contributed by atoms with Crippen LogP contribution in [0, 0.1) is 19.8 Å². The van der Waals surface area contributed by atoms with E-state index in [1.807, 2.05) is 43.9 Å². The molecule has 5 heteroatoms. The Labute approximate surface area is 145 Å². The van der Waals surface area contributed by atoms with Crippen molar-refractivity contribution in [1.29, 1.82) is 0 Å². The number of aliphatic hydroxyl groups excluding tert-OH is 1. The minimum Gasteiger partial charge on any atom is -0.493 e. The van der Waals surface area contributed by atoms with E-state index in [-0.39, 0.29) is 12.1 Å². The molecule has 1 atom stereocenters. The molecule has 134 valence electrons. The van der Waals surface area contributed by atoms with Crippen LogP contribution in [0.2, 0.25) is 0 Å². The lowest BCUT2D eigenvalue weighted by Crippen LogP contribution is -2.46. The maximum Gasteiger partial charge on any atom is 0.317 e. The molecule has 0 aromatic heterocycles. The fourth-order valence-corrected chi connectivity index (χ4v) is 3.17. The largest absolute Gasteiger partial charge is 0.493 e. The van der Waals surface area contributed by atoms with Crippen LogP contribution in [0.1, 0.15) is 37.3 Å². The van der Waals surface area contributed by atoms with Gasteiger partial charge in [0.05, 0.1) is 12.7 Å². The van der Waals surface area contributed by atoms with E-state index < -0.39 is 0 Å². The minimum absolute atomic E-state index is 0.00823. The van der Waals surface area contributed by atoms with Gasteiger partial charge in [-0.25, -0.2) is 4.79 Å². The number of nitrogens with zero attached hydrogens (tertiary/aromatic N) is 1. The van der Waals surface area contributed by atoms with Gasteiger partial charge in [-0.1, -0.05) is 18.2 Å². The molecule has 0 radical (unpaired) electrons. The van der Waals surface area contributed by atoms with Crippen molar-refractivity contribution in [1.82, 2.24) is 10.2 Å².